The number of hydrogen-bond donors (Lipinski definition) is 0. The van der Waals surface area contributed by atoms with Gasteiger partial charge in [-0.25, -0.2) is 8.42 Å². The third kappa shape index (κ3) is 3.07. The lowest BCUT2D eigenvalue weighted by molar-refractivity contribution is 0.381. The molecule has 1 aromatic rings. The first-order valence-electron chi connectivity index (χ1n) is 6.83. The van der Waals surface area contributed by atoms with E-state index in [1.807, 2.05) is 24.3 Å². The van der Waals surface area contributed by atoms with Crippen molar-refractivity contribution < 1.29 is 13.2 Å². The van der Waals surface area contributed by atoms with Crippen LogP contribution in [0.4, 0.5) is 5.69 Å². The molecule has 0 N–H and O–H groups in total. The molecule has 0 aliphatic carbocycles. The second-order valence-corrected chi connectivity index (χ2v) is 7.67. The van der Waals surface area contributed by atoms with Gasteiger partial charge in [0.2, 0.25) is 10.0 Å². The molecule has 0 atom stereocenters. The van der Waals surface area contributed by atoms with Crippen molar-refractivity contribution in [3.05, 3.63) is 24.3 Å². The van der Waals surface area contributed by atoms with Gasteiger partial charge in [-0.3, -0.25) is 0 Å². The maximum absolute atomic E-state index is 12.1. The molecule has 6 heteroatoms. The van der Waals surface area contributed by atoms with Gasteiger partial charge in [-0.15, -0.1) is 0 Å². The molecule has 0 saturated carbocycles. The van der Waals surface area contributed by atoms with Crippen LogP contribution in [-0.4, -0.2) is 51.3 Å². The van der Waals surface area contributed by atoms with Gasteiger partial charge in [-0.1, -0.05) is 0 Å². The van der Waals surface area contributed by atoms with Crippen LogP contribution < -0.4 is 9.64 Å². The molecule has 1 aliphatic heterocycles. The van der Waals surface area contributed by atoms with Gasteiger partial charge in [-0.05, 0) is 38.1 Å². The Morgan fingerprint density at radius 3 is 2.05 bits per heavy atom. The first kappa shape index (κ1) is 15.1. The normalized spacial score (nSPS) is 17.5. The van der Waals surface area contributed by atoms with Crippen LogP contribution in [0, 0.1) is 0 Å². The molecule has 1 heterocycles. The summed E-state index contributed by atoms with van der Waals surface area (Å²) in [4.78, 5) is 2.20. The number of methoxy groups -OCH3 is 1. The molecule has 1 fully saturated rings. The summed E-state index contributed by atoms with van der Waals surface area (Å²) in [5.41, 5.74) is 1.10. The van der Waals surface area contributed by atoms with Gasteiger partial charge in [0.1, 0.15) is 5.75 Å². The maximum atomic E-state index is 12.1. The summed E-state index contributed by atoms with van der Waals surface area (Å²) in [5, 5.41) is -0.352. The number of anilines is 1. The van der Waals surface area contributed by atoms with Crippen molar-refractivity contribution in [2.45, 2.75) is 19.1 Å². The Labute approximate surface area is 121 Å². The van der Waals surface area contributed by atoms with Gasteiger partial charge in [-0.2, -0.15) is 4.31 Å². The van der Waals surface area contributed by atoms with Crippen LogP contribution >= 0.6 is 0 Å². The van der Waals surface area contributed by atoms with E-state index in [2.05, 4.69) is 4.90 Å². The summed E-state index contributed by atoms with van der Waals surface area (Å²) in [6, 6.07) is 7.86. The molecule has 0 unspecified atom stereocenters. The number of nitrogens with zero attached hydrogens (tertiary/aromatic N) is 2. The molecule has 1 saturated heterocycles. The van der Waals surface area contributed by atoms with Crippen molar-refractivity contribution in [1.29, 1.82) is 0 Å². The van der Waals surface area contributed by atoms with E-state index >= 15 is 0 Å². The molecular formula is C14H22N2O3S. The molecule has 0 spiro atoms. The number of piperazine rings is 1. The largest absolute Gasteiger partial charge is 0.497 e. The van der Waals surface area contributed by atoms with Crippen LogP contribution in [0.15, 0.2) is 24.3 Å². The third-order valence-corrected chi connectivity index (χ3v) is 5.91. The first-order chi connectivity index (χ1) is 9.45. The van der Waals surface area contributed by atoms with E-state index in [9.17, 15) is 8.42 Å². The second kappa shape index (κ2) is 6.01. The van der Waals surface area contributed by atoms with Crippen LogP contribution in [0.5, 0.6) is 5.75 Å². The zero-order valence-electron chi connectivity index (χ0n) is 12.2. The van der Waals surface area contributed by atoms with E-state index in [0.29, 0.717) is 13.1 Å². The Morgan fingerprint density at radius 1 is 1.05 bits per heavy atom. The zero-order valence-corrected chi connectivity index (χ0v) is 13.1. The number of ether oxygens (including phenoxy) is 1. The fourth-order valence-electron chi connectivity index (χ4n) is 2.29. The summed E-state index contributed by atoms with van der Waals surface area (Å²) in [6.45, 7) is 5.99. The molecule has 0 radical (unpaired) electrons. The summed E-state index contributed by atoms with van der Waals surface area (Å²) >= 11 is 0. The Hall–Kier alpha value is -1.27. The quantitative estimate of drug-likeness (QED) is 0.846. The molecule has 0 bridgehead atoms. The predicted molar refractivity (Wildman–Crippen MR) is 80.8 cm³/mol. The topological polar surface area (TPSA) is 49.9 Å². The number of rotatable bonds is 4. The highest BCUT2D eigenvalue weighted by Gasteiger charge is 2.29. The van der Waals surface area contributed by atoms with Crippen molar-refractivity contribution >= 4 is 15.7 Å². The SMILES string of the molecule is COc1ccc(N2CCN(S(=O)(=O)C(C)C)CC2)cc1. The van der Waals surface area contributed by atoms with Gasteiger partial charge in [0.25, 0.3) is 0 Å². The van der Waals surface area contributed by atoms with E-state index in [4.69, 9.17) is 4.74 Å². The highest BCUT2D eigenvalue weighted by Crippen LogP contribution is 2.21. The van der Waals surface area contributed by atoms with Crippen LogP contribution in [0.1, 0.15) is 13.8 Å². The number of sulfonamides is 1. The van der Waals surface area contributed by atoms with E-state index in [0.717, 1.165) is 24.5 Å². The van der Waals surface area contributed by atoms with E-state index in [1.54, 1.807) is 25.3 Å². The fourth-order valence-corrected chi connectivity index (χ4v) is 3.56. The van der Waals surface area contributed by atoms with Crippen molar-refractivity contribution in [3.8, 4) is 5.75 Å². The predicted octanol–water partition coefficient (Wildman–Crippen LogP) is 1.56. The van der Waals surface area contributed by atoms with Gasteiger partial charge >= 0.3 is 0 Å². The molecule has 5 nitrogen and oxygen atoms in total. The minimum Gasteiger partial charge on any atom is -0.497 e. The lowest BCUT2D eigenvalue weighted by Crippen LogP contribution is -2.50. The van der Waals surface area contributed by atoms with Crippen LogP contribution in [0.2, 0.25) is 0 Å². The van der Waals surface area contributed by atoms with Gasteiger partial charge in [0.05, 0.1) is 12.4 Å². The van der Waals surface area contributed by atoms with Crippen LogP contribution in [0.25, 0.3) is 0 Å². The number of hydrogen-bond acceptors (Lipinski definition) is 4. The monoisotopic (exact) mass is 298 g/mol. The molecule has 1 aliphatic rings. The van der Waals surface area contributed by atoms with Crippen LogP contribution in [0.3, 0.4) is 0 Å². The van der Waals surface area contributed by atoms with Crippen LogP contribution in [-0.2, 0) is 10.0 Å². The molecule has 1 aromatic carbocycles. The summed E-state index contributed by atoms with van der Waals surface area (Å²) in [7, 11) is -1.49. The Morgan fingerprint density at radius 2 is 1.60 bits per heavy atom. The fraction of sp³-hybridized carbons (Fsp3) is 0.571. The second-order valence-electron chi connectivity index (χ2n) is 5.18. The third-order valence-electron chi connectivity index (χ3n) is 3.63. The van der Waals surface area contributed by atoms with E-state index < -0.39 is 10.0 Å². The lowest BCUT2D eigenvalue weighted by atomic mass is 10.2. The zero-order chi connectivity index (χ0) is 14.8. The Balaban J connectivity index is 2.00. The first-order valence-corrected chi connectivity index (χ1v) is 8.33. The summed E-state index contributed by atoms with van der Waals surface area (Å²) in [6.07, 6.45) is 0. The Kier molecular flexibility index (Phi) is 4.55. The Bertz CT molecular complexity index is 532. The molecular weight excluding hydrogens is 276 g/mol. The highest BCUT2D eigenvalue weighted by atomic mass is 32.2. The molecule has 0 aromatic heterocycles. The van der Waals surface area contributed by atoms with Crippen molar-refractivity contribution in [3.63, 3.8) is 0 Å². The van der Waals surface area contributed by atoms with E-state index in [-0.39, 0.29) is 5.25 Å². The van der Waals surface area contributed by atoms with E-state index in [1.165, 1.54) is 0 Å². The molecule has 112 valence electrons. The molecule has 2 rings (SSSR count). The van der Waals surface area contributed by atoms with Gasteiger partial charge < -0.3 is 9.64 Å². The minimum atomic E-state index is -3.13. The average Bonchev–Trinajstić information content (AvgIpc) is 2.47. The molecule has 20 heavy (non-hydrogen) atoms. The van der Waals surface area contributed by atoms with Gasteiger partial charge in [0.15, 0.2) is 0 Å². The minimum absolute atomic E-state index is 0.352. The van der Waals surface area contributed by atoms with Crippen molar-refractivity contribution in [1.82, 2.24) is 4.31 Å². The van der Waals surface area contributed by atoms with Gasteiger partial charge in [0, 0.05) is 31.9 Å². The summed E-state index contributed by atoms with van der Waals surface area (Å²) in [5.74, 6) is 0.828. The van der Waals surface area contributed by atoms with Crippen molar-refractivity contribution in [2.75, 3.05) is 38.2 Å². The average molecular weight is 298 g/mol. The highest BCUT2D eigenvalue weighted by molar-refractivity contribution is 7.89. The molecule has 0 amide bonds. The lowest BCUT2D eigenvalue weighted by Gasteiger charge is -2.36. The number of benzene rings is 1. The maximum Gasteiger partial charge on any atom is 0.216 e. The summed E-state index contributed by atoms with van der Waals surface area (Å²) < 4.78 is 30.9. The smallest absolute Gasteiger partial charge is 0.216 e. The standard InChI is InChI=1S/C14H22N2O3S/c1-12(2)20(17,18)16-10-8-15(9-11-16)13-4-6-14(19-3)7-5-13/h4-7,12H,8-11H2,1-3H3. The van der Waals surface area contributed by atoms with Crippen molar-refractivity contribution in [2.24, 2.45) is 0 Å².